The maximum absolute atomic E-state index is 6.46. The molecule has 0 aliphatic heterocycles. The van der Waals surface area contributed by atoms with Gasteiger partial charge in [-0.2, -0.15) is 0 Å². The summed E-state index contributed by atoms with van der Waals surface area (Å²) in [6.07, 6.45) is 7.56. The Morgan fingerprint density at radius 2 is 2.06 bits per heavy atom. The molecule has 0 saturated heterocycles. The molecule has 1 fully saturated rings. The van der Waals surface area contributed by atoms with Crippen molar-refractivity contribution in [3.05, 3.63) is 23.7 Å². The van der Waals surface area contributed by atoms with Crippen LogP contribution in [0.3, 0.4) is 0 Å². The zero-order valence-corrected chi connectivity index (χ0v) is 10.2. The molecule has 4 nitrogen and oxygen atoms in total. The highest BCUT2D eigenvalue weighted by Crippen LogP contribution is 2.33. The van der Waals surface area contributed by atoms with Crippen molar-refractivity contribution in [1.29, 1.82) is 0 Å². The van der Waals surface area contributed by atoms with Gasteiger partial charge in [0.1, 0.15) is 5.82 Å². The molecule has 0 spiro atoms. The zero-order chi connectivity index (χ0) is 11.9. The highest BCUT2D eigenvalue weighted by molar-refractivity contribution is 5.71. The molecule has 1 aliphatic carbocycles. The van der Waals surface area contributed by atoms with E-state index in [0.29, 0.717) is 0 Å². The highest BCUT2D eigenvalue weighted by Gasteiger charge is 2.32. The van der Waals surface area contributed by atoms with Crippen LogP contribution in [0.4, 0.5) is 0 Å². The van der Waals surface area contributed by atoms with Gasteiger partial charge in [0, 0.05) is 6.20 Å². The van der Waals surface area contributed by atoms with E-state index in [1.165, 1.54) is 19.3 Å². The van der Waals surface area contributed by atoms with E-state index >= 15 is 0 Å². The van der Waals surface area contributed by atoms with Gasteiger partial charge in [0.05, 0.1) is 11.1 Å². The molecule has 3 rings (SSSR count). The molecule has 4 heteroatoms. The number of hydrogen-bond acceptors (Lipinski definition) is 3. The van der Waals surface area contributed by atoms with Crippen molar-refractivity contribution in [2.75, 3.05) is 0 Å². The Hall–Kier alpha value is -1.42. The number of aromatic nitrogens is 3. The number of pyridine rings is 1. The van der Waals surface area contributed by atoms with Crippen molar-refractivity contribution >= 4 is 11.2 Å². The number of rotatable bonds is 1. The second-order valence-electron chi connectivity index (χ2n) is 5.19. The molecule has 0 atom stereocenters. The van der Waals surface area contributed by atoms with E-state index in [2.05, 4.69) is 21.0 Å². The first-order valence-corrected chi connectivity index (χ1v) is 6.29. The molecule has 2 aromatic rings. The molecule has 0 bridgehead atoms. The van der Waals surface area contributed by atoms with Crippen LogP contribution in [0.1, 0.15) is 43.5 Å². The third-order valence-corrected chi connectivity index (χ3v) is 3.69. The standard InChI is InChI=1S/C13H18N4/c1-9-7-10-11(15-8-9)17-12(16-10)13(14)5-3-2-4-6-13/h7-8H,2-6,14H2,1H3,(H,15,16,17). The first kappa shape index (κ1) is 10.7. The van der Waals surface area contributed by atoms with Crippen molar-refractivity contribution < 1.29 is 0 Å². The Kier molecular flexibility index (Phi) is 2.40. The normalized spacial score (nSPS) is 19.6. The number of nitrogens with zero attached hydrogens (tertiary/aromatic N) is 2. The third-order valence-electron chi connectivity index (χ3n) is 3.69. The topological polar surface area (TPSA) is 67.6 Å². The number of H-pyrrole nitrogens is 1. The van der Waals surface area contributed by atoms with E-state index in [1.54, 1.807) is 0 Å². The van der Waals surface area contributed by atoms with Gasteiger partial charge in [0.2, 0.25) is 0 Å². The number of imidazole rings is 1. The predicted octanol–water partition coefficient (Wildman–Crippen LogP) is 2.38. The van der Waals surface area contributed by atoms with Crippen LogP contribution in [-0.4, -0.2) is 15.0 Å². The van der Waals surface area contributed by atoms with Crippen LogP contribution in [-0.2, 0) is 5.54 Å². The van der Waals surface area contributed by atoms with Gasteiger partial charge in [0.15, 0.2) is 5.65 Å². The Morgan fingerprint density at radius 1 is 1.29 bits per heavy atom. The summed E-state index contributed by atoms with van der Waals surface area (Å²) in [5.41, 5.74) is 9.11. The van der Waals surface area contributed by atoms with E-state index in [4.69, 9.17) is 5.73 Å². The van der Waals surface area contributed by atoms with Gasteiger partial charge < -0.3 is 10.7 Å². The first-order valence-electron chi connectivity index (χ1n) is 6.29. The van der Waals surface area contributed by atoms with Crippen LogP contribution >= 0.6 is 0 Å². The molecule has 3 N–H and O–H groups in total. The molecule has 1 aliphatic rings. The fraction of sp³-hybridized carbons (Fsp3) is 0.538. The van der Waals surface area contributed by atoms with Crippen molar-refractivity contribution in [1.82, 2.24) is 15.0 Å². The van der Waals surface area contributed by atoms with E-state index in [9.17, 15) is 0 Å². The molecule has 90 valence electrons. The molecular weight excluding hydrogens is 212 g/mol. The summed E-state index contributed by atoms with van der Waals surface area (Å²) in [7, 11) is 0. The summed E-state index contributed by atoms with van der Waals surface area (Å²) in [4.78, 5) is 12.2. The van der Waals surface area contributed by atoms with Gasteiger partial charge in [-0.15, -0.1) is 0 Å². The van der Waals surface area contributed by atoms with E-state index < -0.39 is 0 Å². The van der Waals surface area contributed by atoms with Crippen LogP contribution in [0.25, 0.3) is 11.2 Å². The lowest BCUT2D eigenvalue weighted by Crippen LogP contribution is -2.39. The Labute approximate surface area is 101 Å². The fourth-order valence-electron chi connectivity index (χ4n) is 2.66. The molecule has 0 amide bonds. The maximum Gasteiger partial charge on any atom is 0.177 e. The molecule has 1 saturated carbocycles. The number of aromatic amines is 1. The summed E-state index contributed by atoms with van der Waals surface area (Å²) >= 11 is 0. The largest absolute Gasteiger partial charge is 0.339 e. The maximum atomic E-state index is 6.46. The van der Waals surface area contributed by atoms with E-state index in [1.807, 2.05) is 13.1 Å². The molecular formula is C13H18N4. The SMILES string of the molecule is Cc1cnc2nc(C3(N)CCCCC3)[nH]c2c1. The quantitative estimate of drug-likeness (QED) is 0.790. The van der Waals surface area contributed by atoms with E-state index in [-0.39, 0.29) is 5.54 Å². The molecule has 2 aromatic heterocycles. The third kappa shape index (κ3) is 1.82. The number of hydrogen-bond donors (Lipinski definition) is 2. The summed E-state index contributed by atoms with van der Waals surface area (Å²) < 4.78 is 0. The Morgan fingerprint density at radius 3 is 2.82 bits per heavy atom. The number of aryl methyl sites for hydroxylation is 1. The van der Waals surface area contributed by atoms with Gasteiger partial charge >= 0.3 is 0 Å². The van der Waals surface area contributed by atoms with Gasteiger partial charge in [0.25, 0.3) is 0 Å². The Balaban J connectivity index is 2.05. The Bertz CT molecular complexity index is 537. The van der Waals surface area contributed by atoms with Crippen LogP contribution in [0.15, 0.2) is 12.3 Å². The molecule has 17 heavy (non-hydrogen) atoms. The smallest absolute Gasteiger partial charge is 0.177 e. The molecule has 0 radical (unpaired) electrons. The number of nitrogens with one attached hydrogen (secondary N) is 1. The predicted molar refractivity (Wildman–Crippen MR) is 67.6 cm³/mol. The van der Waals surface area contributed by atoms with Crippen LogP contribution < -0.4 is 5.73 Å². The van der Waals surface area contributed by atoms with Crippen molar-refractivity contribution in [3.63, 3.8) is 0 Å². The highest BCUT2D eigenvalue weighted by atomic mass is 15.0. The minimum absolute atomic E-state index is 0.271. The fourth-order valence-corrected chi connectivity index (χ4v) is 2.66. The summed E-state index contributed by atoms with van der Waals surface area (Å²) in [5.74, 6) is 0.908. The first-order chi connectivity index (χ1) is 8.17. The summed E-state index contributed by atoms with van der Waals surface area (Å²) in [6.45, 7) is 2.03. The van der Waals surface area contributed by atoms with Gasteiger partial charge in [-0.1, -0.05) is 19.3 Å². The average molecular weight is 230 g/mol. The average Bonchev–Trinajstić information content (AvgIpc) is 2.73. The van der Waals surface area contributed by atoms with Crippen molar-refractivity contribution in [3.8, 4) is 0 Å². The summed E-state index contributed by atoms with van der Waals surface area (Å²) in [5, 5.41) is 0. The van der Waals surface area contributed by atoms with Gasteiger partial charge in [-0.05, 0) is 31.4 Å². The van der Waals surface area contributed by atoms with Crippen molar-refractivity contribution in [2.24, 2.45) is 5.73 Å². The van der Waals surface area contributed by atoms with Gasteiger partial charge in [-0.25, -0.2) is 9.97 Å². The number of fused-ring (bicyclic) bond motifs is 1. The second kappa shape index (κ2) is 3.81. The molecule has 0 unspecified atom stereocenters. The summed E-state index contributed by atoms with van der Waals surface area (Å²) in [6, 6.07) is 2.07. The van der Waals surface area contributed by atoms with Crippen LogP contribution in [0, 0.1) is 6.92 Å². The lowest BCUT2D eigenvalue weighted by atomic mass is 9.82. The molecule has 0 aromatic carbocycles. The minimum atomic E-state index is -0.271. The lowest BCUT2D eigenvalue weighted by Gasteiger charge is -2.31. The number of nitrogens with two attached hydrogens (primary N) is 1. The van der Waals surface area contributed by atoms with Crippen molar-refractivity contribution in [2.45, 2.75) is 44.6 Å². The van der Waals surface area contributed by atoms with Crippen LogP contribution in [0.2, 0.25) is 0 Å². The lowest BCUT2D eigenvalue weighted by molar-refractivity contribution is 0.289. The zero-order valence-electron chi connectivity index (χ0n) is 10.2. The van der Waals surface area contributed by atoms with Gasteiger partial charge in [-0.3, -0.25) is 0 Å². The van der Waals surface area contributed by atoms with Crippen LogP contribution in [0.5, 0.6) is 0 Å². The molecule has 2 heterocycles. The monoisotopic (exact) mass is 230 g/mol. The van der Waals surface area contributed by atoms with E-state index in [0.717, 1.165) is 35.4 Å². The minimum Gasteiger partial charge on any atom is -0.339 e. The second-order valence-corrected chi connectivity index (χ2v) is 5.19.